The minimum absolute atomic E-state index is 0.00190. The summed E-state index contributed by atoms with van der Waals surface area (Å²) in [4.78, 5) is 31.6. The molecule has 1 N–H and O–H groups in total. The molecule has 2 aliphatic rings. The summed E-state index contributed by atoms with van der Waals surface area (Å²) >= 11 is 0. The topological polar surface area (TPSA) is 69.0 Å². The Morgan fingerprint density at radius 1 is 0.935 bits per heavy atom. The predicted octanol–water partition coefficient (Wildman–Crippen LogP) is 2.63. The first kappa shape index (κ1) is 21.8. The molecule has 2 aromatic rings. The van der Waals surface area contributed by atoms with Crippen molar-refractivity contribution in [2.45, 2.75) is 38.6 Å². The van der Waals surface area contributed by atoms with E-state index in [4.69, 9.17) is 4.42 Å². The summed E-state index contributed by atoms with van der Waals surface area (Å²) in [6, 6.07) is 9.68. The summed E-state index contributed by atoms with van der Waals surface area (Å²) in [5.74, 6) is 1.03. The van der Waals surface area contributed by atoms with Crippen LogP contribution in [-0.2, 0) is 9.59 Å². The number of furan rings is 1. The third-order valence-electron chi connectivity index (χ3n) is 6.40. The second-order valence-electron chi connectivity index (χ2n) is 8.82. The Labute approximate surface area is 184 Å². The number of para-hydroxylation sites is 1. The number of hydrogen-bond acceptors (Lipinski definition) is 5. The molecule has 1 aromatic heterocycles. The molecular weight excluding hydrogens is 392 g/mol. The normalized spacial score (nSPS) is 19.8. The number of piperazine rings is 1. The van der Waals surface area contributed by atoms with E-state index < -0.39 is 0 Å². The maximum Gasteiger partial charge on any atom is 0.236 e. The number of carbonyl (C=O) groups is 2. The largest absolute Gasteiger partial charge is 0.459 e. The van der Waals surface area contributed by atoms with Crippen molar-refractivity contribution < 1.29 is 14.0 Å². The molecule has 0 radical (unpaired) electrons. The maximum atomic E-state index is 12.6. The Balaban J connectivity index is 1.19. The van der Waals surface area contributed by atoms with Crippen LogP contribution in [0.2, 0.25) is 0 Å². The summed E-state index contributed by atoms with van der Waals surface area (Å²) in [6.07, 6.45) is 4.72. The molecule has 2 amide bonds. The van der Waals surface area contributed by atoms with Gasteiger partial charge in [-0.05, 0) is 31.9 Å². The number of nitrogens with zero attached hydrogens (tertiary/aromatic N) is 3. The van der Waals surface area contributed by atoms with E-state index in [1.54, 1.807) is 0 Å². The molecule has 7 nitrogen and oxygen atoms in total. The lowest BCUT2D eigenvalue weighted by Gasteiger charge is -2.35. The van der Waals surface area contributed by atoms with E-state index in [1.165, 1.54) is 12.8 Å². The van der Waals surface area contributed by atoms with Crippen LogP contribution in [0.3, 0.4) is 0 Å². The number of hydrogen-bond donors (Lipinski definition) is 1. The molecule has 31 heavy (non-hydrogen) atoms. The number of rotatable bonds is 6. The average molecular weight is 427 g/mol. The van der Waals surface area contributed by atoms with Crippen LogP contribution in [0, 0.1) is 0 Å². The highest BCUT2D eigenvalue weighted by Crippen LogP contribution is 2.23. The lowest BCUT2D eigenvalue weighted by molar-refractivity contribution is -0.133. The van der Waals surface area contributed by atoms with Gasteiger partial charge in [0, 0.05) is 44.7 Å². The third kappa shape index (κ3) is 5.86. The van der Waals surface area contributed by atoms with E-state index in [-0.39, 0.29) is 17.9 Å². The summed E-state index contributed by atoms with van der Waals surface area (Å²) in [5.41, 5.74) is 0.837. The predicted molar refractivity (Wildman–Crippen MR) is 121 cm³/mol. The van der Waals surface area contributed by atoms with Gasteiger partial charge >= 0.3 is 0 Å². The van der Waals surface area contributed by atoms with Crippen molar-refractivity contribution in [2.24, 2.45) is 0 Å². The van der Waals surface area contributed by atoms with E-state index in [1.807, 2.05) is 42.2 Å². The Hall–Kier alpha value is -2.38. The summed E-state index contributed by atoms with van der Waals surface area (Å²) < 4.78 is 5.86. The second-order valence-corrected chi connectivity index (χ2v) is 8.82. The zero-order valence-electron chi connectivity index (χ0n) is 18.5. The van der Waals surface area contributed by atoms with Crippen LogP contribution in [0.1, 0.15) is 44.4 Å². The Kier molecular flexibility index (Phi) is 7.25. The molecule has 0 spiro atoms. The van der Waals surface area contributed by atoms with Gasteiger partial charge in [-0.3, -0.25) is 19.4 Å². The molecule has 2 aliphatic heterocycles. The van der Waals surface area contributed by atoms with Gasteiger partial charge in [-0.1, -0.05) is 31.0 Å². The quantitative estimate of drug-likeness (QED) is 0.769. The summed E-state index contributed by atoms with van der Waals surface area (Å²) in [7, 11) is 0. The van der Waals surface area contributed by atoms with Gasteiger partial charge < -0.3 is 14.6 Å². The summed E-state index contributed by atoms with van der Waals surface area (Å²) in [6.45, 7) is 7.89. The maximum absolute atomic E-state index is 12.6. The molecule has 168 valence electrons. The first-order valence-corrected chi connectivity index (χ1v) is 11.6. The first-order chi connectivity index (χ1) is 15.1. The van der Waals surface area contributed by atoms with Crippen LogP contribution in [0.15, 0.2) is 34.7 Å². The van der Waals surface area contributed by atoms with Crippen LogP contribution in [0.4, 0.5) is 0 Å². The highest BCUT2D eigenvalue weighted by atomic mass is 16.3. The van der Waals surface area contributed by atoms with E-state index in [9.17, 15) is 9.59 Å². The van der Waals surface area contributed by atoms with Gasteiger partial charge in [0.1, 0.15) is 11.3 Å². The van der Waals surface area contributed by atoms with Gasteiger partial charge in [0.15, 0.2) is 0 Å². The molecule has 1 aromatic carbocycles. The molecule has 2 saturated heterocycles. The highest BCUT2D eigenvalue weighted by molar-refractivity contribution is 5.80. The highest BCUT2D eigenvalue weighted by Gasteiger charge is 2.24. The minimum Gasteiger partial charge on any atom is -0.459 e. The molecule has 1 atom stereocenters. The number of amides is 2. The van der Waals surface area contributed by atoms with Crippen molar-refractivity contribution in [2.75, 3.05) is 52.4 Å². The van der Waals surface area contributed by atoms with Crippen LogP contribution in [-0.4, -0.2) is 78.9 Å². The van der Waals surface area contributed by atoms with Gasteiger partial charge in [0.05, 0.1) is 19.1 Å². The molecule has 1 unspecified atom stereocenters. The van der Waals surface area contributed by atoms with Gasteiger partial charge in [-0.25, -0.2) is 0 Å². The van der Waals surface area contributed by atoms with Crippen molar-refractivity contribution in [3.05, 3.63) is 36.1 Å². The molecule has 4 rings (SSSR count). The zero-order valence-corrected chi connectivity index (χ0v) is 18.5. The number of fused-ring (bicyclic) bond motifs is 1. The Morgan fingerprint density at radius 3 is 2.26 bits per heavy atom. The van der Waals surface area contributed by atoms with Crippen molar-refractivity contribution in [3.8, 4) is 0 Å². The van der Waals surface area contributed by atoms with Crippen molar-refractivity contribution in [3.63, 3.8) is 0 Å². The van der Waals surface area contributed by atoms with Crippen LogP contribution >= 0.6 is 0 Å². The van der Waals surface area contributed by atoms with Gasteiger partial charge in [-0.15, -0.1) is 0 Å². The monoisotopic (exact) mass is 426 g/mol. The van der Waals surface area contributed by atoms with Crippen molar-refractivity contribution in [1.82, 2.24) is 20.0 Å². The lowest BCUT2D eigenvalue weighted by Crippen LogP contribution is -2.52. The third-order valence-corrected chi connectivity index (χ3v) is 6.40. The molecule has 0 aliphatic carbocycles. The van der Waals surface area contributed by atoms with Crippen molar-refractivity contribution >= 4 is 22.8 Å². The first-order valence-electron chi connectivity index (χ1n) is 11.6. The van der Waals surface area contributed by atoms with Crippen LogP contribution in [0.25, 0.3) is 11.0 Å². The number of carbonyl (C=O) groups excluding carboxylic acids is 2. The van der Waals surface area contributed by atoms with Crippen molar-refractivity contribution in [1.29, 1.82) is 0 Å². The van der Waals surface area contributed by atoms with E-state index in [2.05, 4.69) is 15.1 Å². The number of nitrogens with one attached hydrogen (secondary N) is 1. The van der Waals surface area contributed by atoms with Crippen LogP contribution < -0.4 is 5.32 Å². The minimum atomic E-state index is -0.174. The Bertz CT molecular complexity index is 847. The summed E-state index contributed by atoms with van der Waals surface area (Å²) in [5, 5.41) is 4.09. The fourth-order valence-electron chi connectivity index (χ4n) is 4.49. The average Bonchev–Trinajstić information content (AvgIpc) is 3.01. The second kappa shape index (κ2) is 10.3. The molecular formula is C24H34N4O3. The number of likely N-dealkylation sites (tertiary alicyclic amines) is 1. The lowest BCUT2D eigenvalue weighted by atomic mass is 10.2. The molecule has 3 heterocycles. The Morgan fingerprint density at radius 2 is 1.58 bits per heavy atom. The van der Waals surface area contributed by atoms with Gasteiger partial charge in [0.25, 0.3) is 0 Å². The van der Waals surface area contributed by atoms with Gasteiger partial charge in [-0.2, -0.15) is 0 Å². The van der Waals surface area contributed by atoms with Crippen LogP contribution in [0.5, 0.6) is 0 Å². The van der Waals surface area contributed by atoms with E-state index in [0.29, 0.717) is 13.1 Å². The number of benzene rings is 1. The zero-order chi connectivity index (χ0) is 21.6. The van der Waals surface area contributed by atoms with Gasteiger partial charge in [0.2, 0.25) is 11.8 Å². The molecule has 2 fully saturated rings. The fraction of sp³-hybridized carbons (Fsp3) is 0.583. The van der Waals surface area contributed by atoms with E-state index >= 15 is 0 Å². The SMILES string of the molecule is CC(NC(=O)CN1CCN(CC(=O)N2CCCCCC2)CC1)c1cc2ccccc2o1. The molecule has 0 saturated carbocycles. The standard InChI is InChI=1S/C24H34N4O3/c1-19(22-16-20-8-4-5-9-21(20)31-22)25-23(29)17-26-12-14-27(15-13-26)18-24(30)28-10-6-2-3-7-11-28/h4-5,8-9,16,19H,2-3,6-7,10-15,17-18H2,1H3,(H,25,29). The molecule has 7 heteroatoms. The molecule has 0 bridgehead atoms. The smallest absolute Gasteiger partial charge is 0.236 e. The fourth-order valence-corrected chi connectivity index (χ4v) is 4.49. The van der Waals surface area contributed by atoms with E-state index in [0.717, 1.165) is 68.8 Å².